The van der Waals surface area contributed by atoms with Crippen molar-refractivity contribution in [2.75, 3.05) is 42.0 Å². The number of amides is 1. The van der Waals surface area contributed by atoms with Gasteiger partial charge in [0.05, 0.1) is 26.3 Å². The molecule has 0 fully saturated rings. The standard InChI is InChI=1S/C13H17NO2.C13H15NO.C11H12O.3CH4/c1-10-8-11-4-5-14(6-7-15-2)12(11)9-13(10)16-3;1-9-4-5-10-7-12(8-11(10)6-9)13(15)14(2)3;1-8-6-9-4-3-5-10(9)7-11(8)12-2;;;/h4-5,8-9H,6-7H2,1-3H3;4-6,8H,7H2,1-3H3;3-4,6-7H,5H2,1-2H3;3*1H4. The Balaban J connectivity index is 0.000000337. The molecule has 6 nitrogen and oxygen atoms in total. The van der Waals surface area contributed by atoms with Crippen LogP contribution in [0.25, 0.3) is 23.1 Å². The first-order valence-corrected chi connectivity index (χ1v) is 14.6. The van der Waals surface area contributed by atoms with Crippen molar-refractivity contribution in [1.29, 1.82) is 0 Å². The van der Waals surface area contributed by atoms with E-state index in [4.69, 9.17) is 14.2 Å². The van der Waals surface area contributed by atoms with Crippen LogP contribution in [-0.4, -0.2) is 57.4 Å². The number of ether oxygens (including phenoxy) is 3. The summed E-state index contributed by atoms with van der Waals surface area (Å²) >= 11 is 0. The molecule has 0 radical (unpaired) electrons. The predicted octanol–water partition coefficient (Wildman–Crippen LogP) is 9.11. The SMILES string of the molecule is C.C.C.COCCn1ccc2cc(C)c(OC)cc21.COc1cc2c(cc1C)C=CC2.Cc1ccc2c(c1)C=C(C(=O)N(C)C)C2. The van der Waals surface area contributed by atoms with Crippen molar-refractivity contribution in [3.63, 3.8) is 0 Å². The number of hydrogen-bond acceptors (Lipinski definition) is 4. The molecule has 2 aliphatic carbocycles. The van der Waals surface area contributed by atoms with Crippen LogP contribution >= 0.6 is 0 Å². The Kier molecular flexibility index (Phi) is 15.6. The lowest BCUT2D eigenvalue weighted by molar-refractivity contribution is -0.124. The van der Waals surface area contributed by atoms with E-state index in [1.54, 1.807) is 40.3 Å². The third-order valence-corrected chi connectivity index (χ3v) is 7.81. The summed E-state index contributed by atoms with van der Waals surface area (Å²) < 4.78 is 17.9. The van der Waals surface area contributed by atoms with Crippen LogP contribution in [0, 0.1) is 20.8 Å². The lowest BCUT2D eigenvalue weighted by Gasteiger charge is -2.10. The van der Waals surface area contributed by atoms with Crippen molar-refractivity contribution in [1.82, 2.24) is 9.47 Å². The Morgan fingerprint density at radius 2 is 1.50 bits per heavy atom. The van der Waals surface area contributed by atoms with Crippen molar-refractivity contribution in [3.05, 3.63) is 105 Å². The van der Waals surface area contributed by atoms with E-state index >= 15 is 0 Å². The zero-order chi connectivity index (χ0) is 31.1. The van der Waals surface area contributed by atoms with Crippen LogP contribution in [0.15, 0.2) is 66.4 Å². The molecule has 2 aliphatic rings. The molecule has 0 atom stereocenters. The highest BCUT2D eigenvalue weighted by Gasteiger charge is 2.19. The number of carbonyl (C=O) groups excluding carboxylic acids is 1. The quantitative estimate of drug-likeness (QED) is 0.214. The van der Waals surface area contributed by atoms with Gasteiger partial charge in [0.1, 0.15) is 11.5 Å². The molecule has 1 amide bonds. The zero-order valence-corrected chi connectivity index (χ0v) is 26.8. The van der Waals surface area contributed by atoms with Crippen LogP contribution in [0.5, 0.6) is 11.5 Å². The fourth-order valence-corrected chi connectivity index (χ4v) is 5.43. The number of allylic oxidation sites excluding steroid dienone is 1. The summed E-state index contributed by atoms with van der Waals surface area (Å²) in [6.45, 7) is 7.79. The predicted molar refractivity (Wildman–Crippen MR) is 197 cm³/mol. The summed E-state index contributed by atoms with van der Waals surface area (Å²) in [4.78, 5) is 13.4. The van der Waals surface area contributed by atoms with Crippen LogP contribution < -0.4 is 9.47 Å². The molecule has 0 spiro atoms. The minimum absolute atomic E-state index is 0. The normalized spacial score (nSPS) is 11.6. The maximum Gasteiger partial charge on any atom is 0.249 e. The van der Waals surface area contributed by atoms with Crippen LogP contribution in [0.4, 0.5) is 0 Å². The topological polar surface area (TPSA) is 52.9 Å². The van der Waals surface area contributed by atoms with Gasteiger partial charge in [-0.25, -0.2) is 0 Å². The molecular formula is C40H56N2O4. The number of methoxy groups -OCH3 is 3. The van der Waals surface area contributed by atoms with Crippen LogP contribution in [-0.2, 0) is 28.9 Å². The average molecular weight is 629 g/mol. The number of nitrogens with zero attached hydrogens (tertiary/aromatic N) is 2. The van der Waals surface area contributed by atoms with Gasteiger partial charge in [-0.3, -0.25) is 4.79 Å². The highest BCUT2D eigenvalue weighted by Crippen LogP contribution is 2.29. The van der Waals surface area contributed by atoms with Gasteiger partial charge in [-0.2, -0.15) is 0 Å². The second-order valence-electron chi connectivity index (χ2n) is 11.3. The van der Waals surface area contributed by atoms with E-state index < -0.39 is 0 Å². The van der Waals surface area contributed by atoms with Gasteiger partial charge in [-0.15, -0.1) is 0 Å². The Morgan fingerprint density at radius 3 is 2.15 bits per heavy atom. The first kappa shape index (κ1) is 39.7. The molecule has 3 aromatic carbocycles. The molecule has 0 saturated heterocycles. The molecule has 0 N–H and O–H groups in total. The highest BCUT2D eigenvalue weighted by molar-refractivity contribution is 6.00. The lowest BCUT2D eigenvalue weighted by atomic mass is 10.1. The van der Waals surface area contributed by atoms with Gasteiger partial charge in [-0.05, 0) is 90.9 Å². The minimum atomic E-state index is 0. The van der Waals surface area contributed by atoms with E-state index in [0.29, 0.717) is 0 Å². The van der Waals surface area contributed by atoms with E-state index in [1.165, 1.54) is 49.8 Å². The zero-order valence-electron chi connectivity index (χ0n) is 26.8. The Labute approximate surface area is 278 Å². The van der Waals surface area contributed by atoms with Crippen molar-refractivity contribution in [2.24, 2.45) is 0 Å². The summed E-state index contributed by atoms with van der Waals surface area (Å²) in [6.07, 6.45) is 10.3. The van der Waals surface area contributed by atoms with E-state index in [0.717, 1.165) is 43.1 Å². The fraction of sp³-hybridized carbons (Fsp3) is 0.375. The van der Waals surface area contributed by atoms with Crippen molar-refractivity contribution in [3.8, 4) is 11.5 Å². The van der Waals surface area contributed by atoms with Crippen molar-refractivity contribution < 1.29 is 19.0 Å². The summed E-state index contributed by atoms with van der Waals surface area (Å²) in [6, 6.07) is 17.0. The minimum Gasteiger partial charge on any atom is -0.496 e. The number of aryl methyl sites for hydroxylation is 3. The second-order valence-corrected chi connectivity index (χ2v) is 11.3. The first-order chi connectivity index (χ1) is 20.6. The van der Waals surface area contributed by atoms with E-state index in [-0.39, 0.29) is 28.2 Å². The molecule has 1 heterocycles. The summed E-state index contributed by atoms with van der Waals surface area (Å²) in [5, 5.41) is 1.24. The number of benzene rings is 3. The molecule has 0 saturated carbocycles. The van der Waals surface area contributed by atoms with Crippen LogP contribution in [0.2, 0.25) is 0 Å². The number of likely N-dealkylation sites (N-methyl/N-ethyl adjacent to an activating group) is 1. The molecule has 0 aliphatic heterocycles. The van der Waals surface area contributed by atoms with Crippen LogP contribution in [0.1, 0.15) is 61.2 Å². The van der Waals surface area contributed by atoms with Crippen molar-refractivity contribution >= 4 is 29.0 Å². The second kappa shape index (κ2) is 18.0. The maximum atomic E-state index is 11.8. The third-order valence-electron chi connectivity index (χ3n) is 7.81. The first-order valence-electron chi connectivity index (χ1n) is 14.6. The van der Waals surface area contributed by atoms with Gasteiger partial charge in [0, 0.05) is 57.4 Å². The smallest absolute Gasteiger partial charge is 0.249 e. The Morgan fingerprint density at radius 1 is 0.826 bits per heavy atom. The molecule has 250 valence electrons. The van der Waals surface area contributed by atoms with Crippen molar-refractivity contribution in [2.45, 2.75) is 62.4 Å². The third kappa shape index (κ3) is 9.37. The summed E-state index contributed by atoms with van der Waals surface area (Å²) in [5.74, 6) is 2.05. The summed E-state index contributed by atoms with van der Waals surface area (Å²) in [7, 11) is 8.72. The Hall–Kier alpha value is -4.29. The van der Waals surface area contributed by atoms with E-state index in [1.807, 2.05) is 6.08 Å². The molecule has 46 heavy (non-hydrogen) atoms. The van der Waals surface area contributed by atoms with E-state index in [9.17, 15) is 4.79 Å². The number of fused-ring (bicyclic) bond motifs is 3. The van der Waals surface area contributed by atoms with Gasteiger partial charge in [-0.1, -0.05) is 58.2 Å². The van der Waals surface area contributed by atoms with Gasteiger partial charge >= 0.3 is 0 Å². The van der Waals surface area contributed by atoms with Crippen LogP contribution in [0.3, 0.4) is 0 Å². The molecule has 0 bridgehead atoms. The van der Waals surface area contributed by atoms with Gasteiger partial charge in [0.25, 0.3) is 0 Å². The fourth-order valence-electron chi connectivity index (χ4n) is 5.43. The molecule has 1 aromatic heterocycles. The summed E-state index contributed by atoms with van der Waals surface area (Å²) in [5.41, 5.74) is 10.9. The number of rotatable bonds is 6. The lowest BCUT2D eigenvalue weighted by Crippen LogP contribution is -2.23. The monoisotopic (exact) mass is 628 g/mol. The van der Waals surface area contributed by atoms with E-state index in [2.05, 4.69) is 92.2 Å². The molecular weight excluding hydrogens is 572 g/mol. The number of hydrogen-bond donors (Lipinski definition) is 0. The molecule has 4 aromatic rings. The average Bonchev–Trinajstić information content (AvgIpc) is 3.73. The number of carbonyl (C=O) groups is 1. The molecule has 6 rings (SSSR count). The molecule has 0 unspecified atom stereocenters. The maximum absolute atomic E-state index is 11.8. The largest absolute Gasteiger partial charge is 0.496 e. The van der Waals surface area contributed by atoms with Gasteiger partial charge in [0.2, 0.25) is 5.91 Å². The number of aromatic nitrogens is 1. The van der Waals surface area contributed by atoms with Gasteiger partial charge < -0.3 is 23.7 Å². The molecule has 6 heteroatoms. The van der Waals surface area contributed by atoms with Gasteiger partial charge in [0.15, 0.2) is 0 Å². The Bertz CT molecular complexity index is 1660. The highest BCUT2D eigenvalue weighted by atomic mass is 16.5.